The molecular weight excluding hydrogens is 270 g/mol. The first-order chi connectivity index (χ1) is 9.29. The van der Waals surface area contributed by atoms with Gasteiger partial charge in [0.1, 0.15) is 12.7 Å². The van der Waals surface area contributed by atoms with Crippen molar-refractivity contribution in [1.82, 2.24) is 5.32 Å². The van der Waals surface area contributed by atoms with Crippen molar-refractivity contribution in [2.24, 2.45) is 0 Å². The first-order valence-electron chi connectivity index (χ1n) is 6.20. The predicted molar refractivity (Wildman–Crippen MR) is 65.3 cm³/mol. The van der Waals surface area contributed by atoms with Crippen LogP contribution < -0.4 is 5.32 Å². The number of aliphatic hydroxyl groups is 1. The molecule has 1 aliphatic heterocycles. The van der Waals surface area contributed by atoms with Crippen LogP contribution in [0.15, 0.2) is 0 Å². The molecule has 1 rings (SSSR count). The number of aliphatic hydroxyl groups excluding tert-OH is 1. The third-order valence-electron chi connectivity index (χ3n) is 2.72. The Balaban J connectivity index is 2.64. The molecule has 0 bridgehead atoms. The summed E-state index contributed by atoms with van der Waals surface area (Å²) in [4.78, 5) is 32.8. The van der Waals surface area contributed by atoms with Crippen molar-refractivity contribution in [3.05, 3.63) is 0 Å². The van der Waals surface area contributed by atoms with Crippen LogP contribution in [0.4, 0.5) is 0 Å². The van der Waals surface area contributed by atoms with Gasteiger partial charge in [-0.15, -0.1) is 0 Å². The molecule has 1 amide bonds. The van der Waals surface area contributed by atoms with E-state index >= 15 is 0 Å². The van der Waals surface area contributed by atoms with Crippen molar-refractivity contribution < 1.29 is 33.7 Å². The highest BCUT2D eigenvalue weighted by atomic mass is 16.6. The van der Waals surface area contributed by atoms with Crippen LogP contribution in [0.5, 0.6) is 0 Å². The van der Waals surface area contributed by atoms with E-state index in [1.807, 2.05) is 0 Å². The fraction of sp³-hybridized carbons (Fsp3) is 0.750. The number of carbonyl (C=O) groups is 3. The highest BCUT2D eigenvalue weighted by Gasteiger charge is 2.40. The minimum Gasteiger partial charge on any atom is -0.462 e. The Bertz CT molecular complexity index is 384. The lowest BCUT2D eigenvalue weighted by Crippen LogP contribution is -2.39. The molecule has 1 aliphatic rings. The molecule has 114 valence electrons. The van der Waals surface area contributed by atoms with E-state index < -0.39 is 36.5 Å². The van der Waals surface area contributed by atoms with Crippen LogP contribution in [-0.2, 0) is 28.6 Å². The van der Waals surface area contributed by atoms with E-state index in [0.29, 0.717) is 0 Å². The van der Waals surface area contributed by atoms with Gasteiger partial charge in [-0.1, -0.05) is 0 Å². The van der Waals surface area contributed by atoms with Gasteiger partial charge in [-0.3, -0.25) is 14.4 Å². The number of rotatable bonds is 5. The molecule has 0 radical (unpaired) electrons. The standard InChI is InChI=1S/C12H19NO7/c1-6(14)13-9-4-10(20-12(9)17)11(19-8(3)16)5-18-7(2)15/h9-12,17H,4-5H2,1-3H3,(H,13,14)/t9-,10-,11+,12+/m0/s1. The van der Waals surface area contributed by atoms with Crippen LogP contribution in [0.2, 0.25) is 0 Å². The maximum absolute atomic E-state index is 11.0. The lowest BCUT2D eigenvalue weighted by Gasteiger charge is -2.22. The zero-order valence-electron chi connectivity index (χ0n) is 11.6. The summed E-state index contributed by atoms with van der Waals surface area (Å²) in [6.45, 7) is 3.61. The van der Waals surface area contributed by atoms with Gasteiger partial charge < -0.3 is 24.6 Å². The van der Waals surface area contributed by atoms with Gasteiger partial charge in [0, 0.05) is 27.2 Å². The Kier molecular flexibility index (Phi) is 5.90. The second-order valence-electron chi connectivity index (χ2n) is 4.56. The van der Waals surface area contributed by atoms with Crippen molar-refractivity contribution in [2.45, 2.75) is 51.7 Å². The minimum atomic E-state index is -1.20. The SMILES string of the molecule is CC(=O)N[C@H]1C[C@@H]([C@@H](COC(C)=O)OC(C)=O)O[C@H]1O. The monoisotopic (exact) mass is 289 g/mol. The average Bonchev–Trinajstić information content (AvgIpc) is 2.64. The Morgan fingerprint density at radius 3 is 2.45 bits per heavy atom. The van der Waals surface area contributed by atoms with E-state index in [1.54, 1.807) is 0 Å². The van der Waals surface area contributed by atoms with E-state index in [2.05, 4.69) is 5.32 Å². The van der Waals surface area contributed by atoms with Crippen LogP contribution in [0.3, 0.4) is 0 Å². The normalized spacial score (nSPS) is 26.7. The number of ether oxygens (including phenoxy) is 3. The quantitative estimate of drug-likeness (QED) is 0.630. The largest absolute Gasteiger partial charge is 0.462 e. The number of hydrogen-bond acceptors (Lipinski definition) is 7. The fourth-order valence-electron chi connectivity index (χ4n) is 1.96. The van der Waals surface area contributed by atoms with Gasteiger partial charge in [0.15, 0.2) is 12.4 Å². The second kappa shape index (κ2) is 7.20. The zero-order valence-corrected chi connectivity index (χ0v) is 11.6. The van der Waals surface area contributed by atoms with Crippen LogP contribution in [0, 0.1) is 0 Å². The Morgan fingerprint density at radius 1 is 1.30 bits per heavy atom. The third kappa shape index (κ3) is 5.14. The smallest absolute Gasteiger partial charge is 0.303 e. The zero-order chi connectivity index (χ0) is 15.3. The third-order valence-corrected chi connectivity index (χ3v) is 2.72. The lowest BCUT2D eigenvalue weighted by atomic mass is 10.1. The Labute approximate surface area is 116 Å². The maximum atomic E-state index is 11.0. The lowest BCUT2D eigenvalue weighted by molar-refractivity contribution is -0.175. The summed E-state index contributed by atoms with van der Waals surface area (Å²) >= 11 is 0. The summed E-state index contributed by atoms with van der Waals surface area (Å²) in [5, 5.41) is 12.2. The van der Waals surface area contributed by atoms with Crippen molar-refractivity contribution in [2.75, 3.05) is 6.61 Å². The molecule has 0 saturated carbocycles. The van der Waals surface area contributed by atoms with Crippen molar-refractivity contribution >= 4 is 17.8 Å². The summed E-state index contributed by atoms with van der Waals surface area (Å²) in [5.41, 5.74) is 0. The van der Waals surface area contributed by atoms with Gasteiger partial charge in [0.25, 0.3) is 0 Å². The topological polar surface area (TPSA) is 111 Å². The molecule has 1 heterocycles. The molecule has 0 spiro atoms. The number of esters is 2. The van der Waals surface area contributed by atoms with E-state index in [0.717, 1.165) is 0 Å². The van der Waals surface area contributed by atoms with Gasteiger partial charge in [0.2, 0.25) is 5.91 Å². The molecular formula is C12H19NO7. The summed E-state index contributed by atoms with van der Waals surface area (Å²) in [7, 11) is 0. The Hall–Kier alpha value is -1.67. The Morgan fingerprint density at radius 2 is 1.95 bits per heavy atom. The molecule has 0 aromatic carbocycles. The molecule has 0 aromatic rings. The fourth-order valence-corrected chi connectivity index (χ4v) is 1.96. The maximum Gasteiger partial charge on any atom is 0.303 e. The van der Waals surface area contributed by atoms with Crippen LogP contribution in [0.25, 0.3) is 0 Å². The molecule has 1 fully saturated rings. The highest BCUT2D eigenvalue weighted by molar-refractivity contribution is 5.73. The molecule has 0 unspecified atom stereocenters. The summed E-state index contributed by atoms with van der Waals surface area (Å²) in [5.74, 6) is -1.37. The minimum absolute atomic E-state index is 0.168. The van der Waals surface area contributed by atoms with Gasteiger partial charge in [-0.05, 0) is 0 Å². The summed E-state index contributed by atoms with van der Waals surface area (Å²) in [6.07, 6.45) is -2.44. The molecule has 0 aromatic heterocycles. The van der Waals surface area contributed by atoms with Gasteiger partial charge in [-0.25, -0.2) is 0 Å². The predicted octanol–water partition coefficient (Wildman–Crippen LogP) is -0.907. The summed E-state index contributed by atoms with van der Waals surface area (Å²) in [6, 6.07) is -0.590. The molecule has 0 aliphatic carbocycles. The van der Waals surface area contributed by atoms with Crippen molar-refractivity contribution in [3.63, 3.8) is 0 Å². The average molecular weight is 289 g/mol. The molecule has 2 N–H and O–H groups in total. The van der Waals surface area contributed by atoms with Crippen molar-refractivity contribution in [1.29, 1.82) is 0 Å². The number of carbonyl (C=O) groups excluding carboxylic acids is 3. The van der Waals surface area contributed by atoms with Gasteiger partial charge in [0.05, 0.1) is 6.04 Å². The van der Waals surface area contributed by atoms with E-state index in [-0.39, 0.29) is 18.9 Å². The van der Waals surface area contributed by atoms with Crippen molar-refractivity contribution in [3.8, 4) is 0 Å². The van der Waals surface area contributed by atoms with E-state index in [1.165, 1.54) is 20.8 Å². The molecule has 1 saturated heterocycles. The molecule has 4 atom stereocenters. The molecule has 8 heteroatoms. The van der Waals surface area contributed by atoms with Crippen LogP contribution in [-0.4, -0.2) is 54.1 Å². The van der Waals surface area contributed by atoms with Crippen LogP contribution in [0.1, 0.15) is 27.2 Å². The van der Waals surface area contributed by atoms with Gasteiger partial charge >= 0.3 is 11.9 Å². The molecule has 8 nitrogen and oxygen atoms in total. The van der Waals surface area contributed by atoms with E-state index in [4.69, 9.17) is 14.2 Å². The second-order valence-corrected chi connectivity index (χ2v) is 4.56. The summed E-state index contributed by atoms with van der Waals surface area (Å²) < 4.78 is 15.1. The number of amides is 1. The molecule has 20 heavy (non-hydrogen) atoms. The number of nitrogens with one attached hydrogen (secondary N) is 1. The van der Waals surface area contributed by atoms with Gasteiger partial charge in [-0.2, -0.15) is 0 Å². The van der Waals surface area contributed by atoms with Crippen LogP contribution >= 0.6 is 0 Å². The first-order valence-corrected chi connectivity index (χ1v) is 6.20. The number of hydrogen-bond donors (Lipinski definition) is 2. The van der Waals surface area contributed by atoms with E-state index in [9.17, 15) is 19.5 Å². The first kappa shape index (κ1) is 16.4. The highest BCUT2D eigenvalue weighted by Crippen LogP contribution is 2.23.